The summed E-state index contributed by atoms with van der Waals surface area (Å²) in [6, 6.07) is 22.4. The second-order valence-electron chi connectivity index (χ2n) is 14.7. The van der Waals surface area contributed by atoms with E-state index in [2.05, 4.69) is 31.6 Å². The molecule has 13 heteroatoms. The second kappa shape index (κ2) is 22.3. The van der Waals surface area contributed by atoms with Crippen molar-refractivity contribution in [2.24, 2.45) is 5.73 Å². The van der Waals surface area contributed by atoms with Crippen molar-refractivity contribution >= 4 is 40.4 Å². The predicted octanol–water partition coefficient (Wildman–Crippen LogP) is 3.71. The van der Waals surface area contributed by atoms with Gasteiger partial charge in [-0.25, -0.2) is 0 Å². The molecule has 5 atom stereocenters. The van der Waals surface area contributed by atoms with Crippen molar-refractivity contribution in [3.63, 3.8) is 0 Å². The smallest absolute Gasteiger partial charge is 0.245 e. The number of aromatic nitrogens is 1. The SMILES string of the molecule is C[C@@H](OCc1ccccc1)C1NC(=O)[C@H](CCCCN)NC(=O)[C@@H](Cc2c[nH]c3ccccc23)NC(=O)[C@H](Cc2ccccc2)NC(=O)CCCCCCNC1=O. The molecule has 0 radical (unpaired) electrons. The molecule has 4 aromatic rings. The van der Waals surface area contributed by atoms with E-state index < -0.39 is 53.9 Å². The Kier molecular flexibility index (Phi) is 16.6. The van der Waals surface area contributed by atoms with E-state index in [1.54, 1.807) is 13.1 Å². The Morgan fingerprint density at radius 2 is 1.30 bits per heavy atom. The molecule has 8 N–H and O–H groups in total. The van der Waals surface area contributed by atoms with Crippen LogP contribution in [0.2, 0.25) is 0 Å². The molecule has 1 saturated heterocycles. The third-order valence-electron chi connectivity index (χ3n) is 10.3. The standard InChI is InChI=1S/C44H57N7O6/c1-30(57-29-32-18-8-5-9-19-32)40-44(56)46-25-15-3-2-10-23-39(52)48-37(26-31-16-6-4-7-17-31)42(54)50-38(27-33-28-47-35-21-12-11-20-34(33)35)43(55)49-36(41(53)51-40)22-13-14-24-45/h4-9,11-12,16-21,28,30,36-38,40,47H,2-3,10,13-15,22-27,29,45H2,1H3,(H,46,56)(H,48,52)(H,49,55)(H,50,54)(H,51,53)/t30-,36+,37+,38-,40?/m1/s1. The Bertz CT molecular complexity index is 1900. The van der Waals surface area contributed by atoms with E-state index in [-0.39, 0.29) is 38.2 Å². The number of hydrogen-bond acceptors (Lipinski definition) is 7. The lowest BCUT2D eigenvalue weighted by Gasteiger charge is -2.29. The monoisotopic (exact) mass is 779 g/mol. The summed E-state index contributed by atoms with van der Waals surface area (Å²) >= 11 is 0. The minimum atomic E-state index is -1.13. The van der Waals surface area contributed by atoms with Crippen LogP contribution in [0.15, 0.2) is 91.1 Å². The molecule has 13 nitrogen and oxygen atoms in total. The summed E-state index contributed by atoms with van der Waals surface area (Å²) in [5.41, 5.74) is 9.23. The fourth-order valence-electron chi connectivity index (χ4n) is 7.00. The molecule has 5 rings (SSSR count). The van der Waals surface area contributed by atoms with Crippen LogP contribution in [-0.4, -0.2) is 77.9 Å². The van der Waals surface area contributed by atoms with Crippen LogP contribution in [0.1, 0.15) is 75.0 Å². The summed E-state index contributed by atoms with van der Waals surface area (Å²) in [6.07, 6.45) is 5.76. The van der Waals surface area contributed by atoms with Crippen molar-refractivity contribution in [3.05, 3.63) is 108 Å². The highest BCUT2D eigenvalue weighted by atomic mass is 16.5. The molecule has 1 aromatic heterocycles. The lowest BCUT2D eigenvalue weighted by molar-refractivity contribution is -0.136. The predicted molar refractivity (Wildman–Crippen MR) is 220 cm³/mol. The fraction of sp³-hybridized carbons (Fsp3) is 0.432. The maximum Gasteiger partial charge on any atom is 0.245 e. The third kappa shape index (κ3) is 13.3. The Morgan fingerprint density at radius 1 is 0.667 bits per heavy atom. The number of unbranched alkanes of at least 4 members (excludes halogenated alkanes) is 1. The van der Waals surface area contributed by atoms with Crippen LogP contribution in [0, 0.1) is 0 Å². The maximum atomic E-state index is 14.4. The molecule has 304 valence electrons. The number of amides is 5. The van der Waals surface area contributed by atoms with Gasteiger partial charge in [-0.2, -0.15) is 0 Å². The van der Waals surface area contributed by atoms with Crippen molar-refractivity contribution < 1.29 is 28.7 Å². The largest absolute Gasteiger partial charge is 0.371 e. The van der Waals surface area contributed by atoms with Gasteiger partial charge in [0, 0.05) is 42.9 Å². The van der Waals surface area contributed by atoms with E-state index in [0.29, 0.717) is 38.8 Å². The van der Waals surface area contributed by atoms with Gasteiger partial charge in [0.25, 0.3) is 0 Å². The van der Waals surface area contributed by atoms with Gasteiger partial charge in [0.2, 0.25) is 29.5 Å². The highest BCUT2D eigenvalue weighted by Crippen LogP contribution is 2.20. The topological polar surface area (TPSA) is 197 Å². The van der Waals surface area contributed by atoms with Gasteiger partial charge in [-0.3, -0.25) is 24.0 Å². The zero-order chi connectivity index (χ0) is 40.4. The van der Waals surface area contributed by atoms with Crippen LogP contribution in [0.4, 0.5) is 0 Å². The molecule has 0 bridgehead atoms. The number of para-hydroxylation sites is 1. The minimum Gasteiger partial charge on any atom is -0.371 e. The van der Waals surface area contributed by atoms with Crippen LogP contribution < -0.4 is 32.3 Å². The van der Waals surface area contributed by atoms with Gasteiger partial charge in [-0.05, 0) is 68.3 Å². The Balaban J connectivity index is 1.45. The molecule has 1 fully saturated rings. The molecule has 2 heterocycles. The number of nitrogens with two attached hydrogens (primary N) is 1. The molecule has 57 heavy (non-hydrogen) atoms. The summed E-state index contributed by atoms with van der Waals surface area (Å²) in [5.74, 6) is -2.34. The van der Waals surface area contributed by atoms with Crippen LogP contribution >= 0.6 is 0 Å². The molecule has 0 saturated carbocycles. The van der Waals surface area contributed by atoms with E-state index in [9.17, 15) is 24.0 Å². The number of carbonyl (C=O) groups is 5. The average molecular weight is 780 g/mol. The lowest BCUT2D eigenvalue weighted by Crippen LogP contribution is -2.60. The summed E-state index contributed by atoms with van der Waals surface area (Å²) in [5, 5.41) is 15.5. The number of benzene rings is 3. The minimum absolute atomic E-state index is 0.0973. The molecule has 1 aliphatic rings. The van der Waals surface area contributed by atoms with Crippen molar-refractivity contribution in [2.75, 3.05) is 13.1 Å². The molecule has 3 aromatic carbocycles. The molecule has 0 aliphatic carbocycles. The van der Waals surface area contributed by atoms with E-state index in [1.807, 2.05) is 84.9 Å². The number of ether oxygens (including phenoxy) is 1. The number of H-pyrrole nitrogens is 1. The summed E-state index contributed by atoms with van der Waals surface area (Å²) in [4.78, 5) is 73.0. The zero-order valence-electron chi connectivity index (χ0n) is 32.8. The van der Waals surface area contributed by atoms with Gasteiger partial charge in [-0.1, -0.05) is 91.7 Å². The van der Waals surface area contributed by atoms with Gasteiger partial charge < -0.3 is 42.0 Å². The first-order chi connectivity index (χ1) is 27.7. The van der Waals surface area contributed by atoms with Crippen LogP contribution in [0.3, 0.4) is 0 Å². The number of carbonyl (C=O) groups excluding carboxylic acids is 5. The normalized spacial score (nSPS) is 21.4. The Hall–Kier alpha value is -5.53. The van der Waals surface area contributed by atoms with Gasteiger partial charge in [0.05, 0.1) is 12.7 Å². The molecule has 5 amide bonds. The fourth-order valence-corrected chi connectivity index (χ4v) is 7.00. The average Bonchev–Trinajstić information content (AvgIpc) is 3.63. The summed E-state index contributed by atoms with van der Waals surface area (Å²) < 4.78 is 6.12. The summed E-state index contributed by atoms with van der Waals surface area (Å²) in [7, 11) is 0. The van der Waals surface area contributed by atoms with Crippen molar-refractivity contribution in [2.45, 2.75) is 108 Å². The first-order valence-corrected chi connectivity index (χ1v) is 20.1. The first-order valence-electron chi connectivity index (χ1n) is 20.1. The highest BCUT2D eigenvalue weighted by Gasteiger charge is 2.34. The highest BCUT2D eigenvalue weighted by molar-refractivity contribution is 5.96. The number of aromatic amines is 1. The van der Waals surface area contributed by atoms with Crippen LogP contribution in [0.5, 0.6) is 0 Å². The van der Waals surface area contributed by atoms with E-state index >= 15 is 0 Å². The van der Waals surface area contributed by atoms with Gasteiger partial charge in [0.1, 0.15) is 24.2 Å². The number of nitrogens with one attached hydrogen (secondary N) is 6. The quantitative estimate of drug-likeness (QED) is 0.107. The Labute approximate surface area is 334 Å². The number of hydrogen-bond donors (Lipinski definition) is 7. The molecular formula is C44H57N7O6. The third-order valence-corrected chi connectivity index (χ3v) is 10.3. The molecule has 0 spiro atoms. The van der Waals surface area contributed by atoms with Crippen LogP contribution in [-0.2, 0) is 48.2 Å². The summed E-state index contributed by atoms with van der Waals surface area (Å²) in [6.45, 7) is 2.73. The van der Waals surface area contributed by atoms with Gasteiger partial charge in [0.15, 0.2) is 0 Å². The molecular weight excluding hydrogens is 723 g/mol. The lowest BCUT2D eigenvalue weighted by atomic mass is 10.0. The number of rotatable bonds is 12. The van der Waals surface area contributed by atoms with E-state index in [1.165, 1.54) is 0 Å². The first kappa shape index (κ1) is 42.6. The van der Waals surface area contributed by atoms with Crippen molar-refractivity contribution in [1.29, 1.82) is 0 Å². The van der Waals surface area contributed by atoms with Crippen molar-refractivity contribution in [3.8, 4) is 0 Å². The van der Waals surface area contributed by atoms with Crippen LogP contribution in [0.25, 0.3) is 10.9 Å². The van der Waals surface area contributed by atoms with E-state index in [4.69, 9.17) is 10.5 Å². The van der Waals surface area contributed by atoms with E-state index in [0.717, 1.165) is 40.4 Å². The van der Waals surface area contributed by atoms with Gasteiger partial charge in [-0.15, -0.1) is 0 Å². The van der Waals surface area contributed by atoms with Gasteiger partial charge >= 0.3 is 0 Å². The zero-order valence-corrected chi connectivity index (χ0v) is 32.8. The maximum absolute atomic E-state index is 14.4. The molecule has 1 unspecified atom stereocenters. The molecule has 1 aliphatic heterocycles. The van der Waals surface area contributed by atoms with Crippen molar-refractivity contribution in [1.82, 2.24) is 31.6 Å². The Morgan fingerprint density at radius 3 is 2.04 bits per heavy atom. The second-order valence-corrected chi connectivity index (χ2v) is 14.7. The number of fused-ring (bicyclic) bond motifs is 1.